The van der Waals surface area contributed by atoms with E-state index in [0.717, 1.165) is 18.2 Å². The number of hydrogen-bond acceptors (Lipinski definition) is 7. The average molecular weight is 603 g/mol. The van der Waals surface area contributed by atoms with Crippen molar-refractivity contribution in [3.8, 4) is 29.0 Å². The van der Waals surface area contributed by atoms with E-state index in [2.05, 4.69) is 9.97 Å². The number of aromatic carboxylic acids is 1. The van der Waals surface area contributed by atoms with E-state index in [1.165, 1.54) is 50.6 Å². The summed E-state index contributed by atoms with van der Waals surface area (Å²) in [4.78, 5) is 20.3. The molecule has 5 aromatic rings. The molecule has 0 bridgehead atoms. The Balaban J connectivity index is 1.45. The third kappa shape index (κ3) is 6.33. The number of methoxy groups -OCH3 is 2. The molecule has 0 amide bonds. The number of hydrogen-bond donors (Lipinski definition) is 1. The number of carbonyl (C=O) groups is 1. The molecule has 1 N–H and O–H groups in total. The molecule has 0 aliphatic heterocycles. The van der Waals surface area contributed by atoms with E-state index in [-0.39, 0.29) is 64.8 Å². The minimum Gasteiger partial charge on any atom is -0.496 e. The molecule has 0 unspecified atom stereocenters. The first-order valence-corrected chi connectivity index (χ1v) is 13.3. The Morgan fingerprint density at radius 2 is 1.75 bits per heavy atom. The monoisotopic (exact) mass is 602 g/mol. The Morgan fingerprint density at radius 1 is 0.955 bits per heavy atom. The molecule has 0 aliphatic carbocycles. The number of carboxylic acids is 1. The molecular weight excluding hydrogens is 577 g/mol. The van der Waals surface area contributed by atoms with Gasteiger partial charge in [0, 0.05) is 43.3 Å². The number of imidazole rings is 1. The van der Waals surface area contributed by atoms with Crippen LogP contribution in [0.15, 0.2) is 60.7 Å². The SMILES string of the molecule is COCCn1c(Cc2cc(F)c(-c3cc(OC)cc(OCc4ccc(C#N)cc4F)n3)cc2F)nc2ccc(C(=O)O)cc21. The van der Waals surface area contributed by atoms with Crippen molar-refractivity contribution >= 4 is 17.0 Å². The van der Waals surface area contributed by atoms with Gasteiger partial charge in [-0.15, -0.1) is 0 Å². The Kier molecular flexibility index (Phi) is 8.78. The van der Waals surface area contributed by atoms with Gasteiger partial charge in [0.2, 0.25) is 5.88 Å². The van der Waals surface area contributed by atoms with Crippen LogP contribution >= 0.6 is 0 Å². The summed E-state index contributed by atoms with van der Waals surface area (Å²) in [6.45, 7) is 0.372. The quantitative estimate of drug-likeness (QED) is 0.198. The molecule has 0 atom stereocenters. The van der Waals surface area contributed by atoms with Crippen LogP contribution < -0.4 is 9.47 Å². The number of fused-ring (bicyclic) bond motifs is 1. The van der Waals surface area contributed by atoms with Gasteiger partial charge in [0.15, 0.2) is 0 Å². The zero-order valence-corrected chi connectivity index (χ0v) is 23.6. The van der Waals surface area contributed by atoms with Gasteiger partial charge in [-0.3, -0.25) is 0 Å². The molecule has 0 spiro atoms. The first kappa shape index (κ1) is 30.1. The lowest BCUT2D eigenvalue weighted by Crippen LogP contribution is -2.10. The number of rotatable bonds is 11. The molecule has 12 heteroatoms. The number of benzene rings is 3. The number of aromatic nitrogens is 3. The van der Waals surface area contributed by atoms with Gasteiger partial charge in [-0.25, -0.2) is 27.9 Å². The van der Waals surface area contributed by atoms with Crippen LogP contribution in [-0.2, 0) is 24.3 Å². The van der Waals surface area contributed by atoms with Gasteiger partial charge in [-0.2, -0.15) is 5.26 Å². The molecule has 44 heavy (non-hydrogen) atoms. The fourth-order valence-electron chi connectivity index (χ4n) is 4.66. The molecule has 9 nitrogen and oxygen atoms in total. The highest BCUT2D eigenvalue weighted by atomic mass is 19.1. The van der Waals surface area contributed by atoms with Crippen molar-refractivity contribution in [3.05, 3.63) is 106 Å². The highest BCUT2D eigenvalue weighted by Crippen LogP contribution is 2.31. The van der Waals surface area contributed by atoms with Crippen molar-refractivity contribution in [3.63, 3.8) is 0 Å². The van der Waals surface area contributed by atoms with Gasteiger partial charge in [-0.05, 0) is 48.0 Å². The molecule has 3 aromatic carbocycles. The maximum Gasteiger partial charge on any atom is 0.335 e. The van der Waals surface area contributed by atoms with Crippen LogP contribution in [0, 0.1) is 28.8 Å². The zero-order valence-electron chi connectivity index (χ0n) is 23.6. The minimum atomic E-state index is -1.10. The minimum absolute atomic E-state index is 0.0143. The molecular formula is C32H25F3N4O5. The van der Waals surface area contributed by atoms with Crippen LogP contribution in [0.2, 0.25) is 0 Å². The summed E-state index contributed by atoms with van der Waals surface area (Å²) < 4.78 is 63.2. The standard InChI is InChI=1S/C32H25F3N4O5/c1-42-8-7-39-29-11-19(32(40)41)5-6-27(29)37-30(39)12-21-10-26(35)23(15-25(21)34)28-13-22(43-2)14-31(38-28)44-17-20-4-3-18(16-36)9-24(20)33/h3-6,9-11,13-15H,7-8,12,17H2,1-2H3,(H,40,41). The number of ether oxygens (including phenoxy) is 3. The van der Waals surface area contributed by atoms with E-state index >= 15 is 8.78 Å². The van der Waals surface area contributed by atoms with Gasteiger partial charge in [0.1, 0.15) is 35.6 Å². The van der Waals surface area contributed by atoms with Crippen molar-refractivity contribution in [1.82, 2.24) is 14.5 Å². The van der Waals surface area contributed by atoms with Crippen LogP contribution in [0.4, 0.5) is 13.2 Å². The van der Waals surface area contributed by atoms with Gasteiger partial charge >= 0.3 is 5.97 Å². The van der Waals surface area contributed by atoms with Gasteiger partial charge in [-0.1, -0.05) is 6.07 Å². The molecule has 224 valence electrons. The van der Waals surface area contributed by atoms with Crippen molar-refractivity contribution < 1.29 is 37.3 Å². The lowest BCUT2D eigenvalue weighted by atomic mass is 10.0. The normalized spacial score (nSPS) is 11.0. The predicted molar refractivity (Wildman–Crippen MR) is 153 cm³/mol. The number of nitriles is 1. The van der Waals surface area contributed by atoms with E-state index in [1.807, 2.05) is 6.07 Å². The predicted octanol–water partition coefficient (Wildman–Crippen LogP) is 5.91. The van der Waals surface area contributed by atoms with E-state index < -0.39 is 23.4 Å². The second-order valence-electron chi connectivity index (χ2n) is 9.72. The highest BCUT2D eigenvalue weighted by Gasteiger charge is 2.19. The lowest BCUT2D eigenvalue weighted by Gasteiger charge is -2.13. The molecule has 0 radical (unpaired) electrons. The molecule has 0 aliphatic rings. The highest BCUT2D eigenvalue weighted by molar-refractivity contribution is 5.92. The second-order valence-corrected chi connectivity index (χ2v) is 9.72. The number of nitrogens with zero attached hydrogens (tertiary/aromatic N) is 4. The summed E-state index contributed by atoms with van der Waals surface area (Å²) in [5.74, 6) is -2.58. The van der Waals surface area contributed by atoms with Crippen LogP contribution in [0.25, 0.3) is 22.3 Å². The number of carboxylic acid groups (broad SMARTS) is 1. The van der Waals surface area contributed by atoms with Crippen molar-refractivity contribution in [1.29, 1.82) is 5.26 Å². The van der Waals surface area contributed by atoms with Crippen molar-refractivity contribution in [2.24, 2.45) is 0 Å². The fourth-order valence-corrected chi connectivity index (χ4v) is 4.66. The summed E-state index contributed by atoms with van der Waals surface area (Å²) in [6.07, 6.45) is -0.0834. The fraction of sp³-hybridized carbons (Fsp3) is 0.188. The Labute approximate surface area is 249 Å². The van der Waals surface area contributed by atoms with E-state index in [1.54, 1.807) is 10.6 Å². The van der Waals surface area contributed by atoms with E-state index in [0.29, 0.717) is 23.4 Å². The average Bonchev–Trinajstić information content (AvgIpc) is 3.36. The second kappa shape index (κ2) is 12.8. The van der Waals surface area contributed by atoms with E-state index in [9.17, 15) is 14.3 Å². The van der Waals surface area contributed by atoms with Crippen LogP contribution in [0.3, 0.4) is 0 Å². The summed E-state index contributed by atoms with van der Waals surface area (Å²) in [5, 5.41) is 18.3. The topological polar surface area (TPSA) is 119 Å². The first-order chi connectivity index (χ1) is 21.2. The summed E-state index contributed by atoms with van der Waals surface area (Å²) >= 11 is 0. The Morgan fingerprint density at radius 3 is 2.45 bits per heavy atom. The zero-order chi connectivity index (χ0) is 31.4. The molecule has 0 saturated carbocycles. The Hall–Kier alpha value is -5.41. The number of pyridine rings is 1. The molecule has 2 aromatic heterocycles. The third-order valence-corrected chi connectivity index (χ3v) is 6.92. The maximum atomic E-state index is 15.5. The third-order valence-electron chi connectivity index (χ3n) is 6.92. The van der Waals surface area contributed by atoms with Gasteiger partial charge < -0.3 is 23.9 Å². The van der Waals surface area contributed by atoms with Crippen molar-refractivity contribution in [2.45, 2.75) is 19.6 Å². The summed E-state index contributed by atoms with van der Waals surface area (Å²) in [5.41, 5.74) is 1.33. The molecule has 2 heterocycles. The van der Waals surface area contributed by atoms with Crippen molar-refractivity contribution in [2.75, 3.05) is 20.8 Å². The molecule has 0 saturated heterocycles. The van der Waals surface area contributed by atoms with E-state index in [4.69, 9.17) is 19.5 Å². The first-order valence-electron chi connectivity index (χ1n) is 13.3. The van der Waals surface area contributed by atoms with Gasteiger partial charge in [0.05, 0.1) is 47.6 Å². The van der Waals surface area contributed by atoms with Crippen LogP contribution in [0.5, 0.6) is 11.6 Å². The Bertz CT molecular complexity index is 1920. The van der Waals surface area contributed by atoms with Gasteiger partial charge in [0.25, 0.3) is 0 Å². The van der Waals surface area contributed by atoms with Crippen LogP contribution in [0.1, 0.15) is 32.9 Å². The summed E-state index contributed by atoms with van der Waals surface area (Å²) in [6, 6.07) is 15.2. The summed E-state index contributed by atoms with van der Waals surface area (Å²) in [7, 11) is 2.90. The van der Waals surface area contributed by atoms with Crippen LogP contribution in [-0.4, -0.2) is 46.4 Å². The maximum absolute atomic E-state index is 15.5. The smallest absolute Gasteiger partial charge is 0.335 e. The lowest BCUT2D eigenvalue weighted by molar-refractivity contribution is 0.0697. The molecule has 0 fully saturated rings. The molecule has 5 rings (SSSR count). The largest absolute Gasteiger partial charge is 0.496 e. The number of halogens is 3.